The van der Waals surface area contributed by atoms with Crippen LogP contribution in [0.15, 0.2) is 21.7 Å². The van der Waals surface area contributed by atoms with E-state index in [1.54, 1.807) is 11.4 Å². The topological polar surface area (TPSA) is 113 Å². The first-order valence-electron chi connectivity index (χ1n) is 7.33. The predicted molar refractivity (Wildman–Crippen MR) is 85.6 cm³/mol. The van der Waals surface area contributed by atoms with Gasteiger partial charge in [0.2, 0.25) is 5.91 Å². The normalized spacial score (nSPS) is 25.0. The van der Waals surface area contributed by atoms with Crippen LogP contribution in [0.2, 0.25) is 0 Å². The van der Waals surface area contributed by atoms with Crippen LogP contribution in [-0.2, 0) is 19.6 Å². The van der Waals surface area contributed by atoms with E-state index in [-0.39, 0.29) is 4.21 Å². The highest BCUT2D eigenvalue weighted by molar-refractivity contribution is 7.91. The third-order valence-corrected chi connectivity index (χ3v) is 6.90. The van der Waals surface area contributed by atoms with Crippen molar-refractivity contribution in [3.05, 3.63) is 17.5 Å². The lowest BCUT2D eigenvalue weighted by atomic mass is 9.77. The summed E-state index contributed by atoms with van der Waals surface area (Å²) >= 11 is 1.05. The number of carboxylic acid groups (broad SMARTS) is 1. The number of carbonyl (C=O) groups is 2. The zero-order valence-electron chi connectivity index (χ0n) is 12.7. The number of hydrogen-bond acceptors (Lipinski definition) is 5. The number of rotatable bonds is 6. The number of carbonyl (C=O) groups excluding carboxylic acids is 1. The van der Waals surface area contributed by atoms with Crippen LogP contribution in [0.5, 0.6) is 0 Å². The molecule has 1 fully saturated rings. The minimum absolute atomic E-state index is 0.115. The van der Waals surface area contributed by atoms with E-state index in [0.717, 1.165) is 11.3 Å². The average Bonchev–Trinajstić information content (AvgIpc) is 3.03. The number of hydrogen-bond donors (Lipinski definition) is 3. The first-order valence-corrected chi connectivity index (χ1v) is 9.69. The van der Waals surface area contributed by atoms with Gasteiger partial charge in [0.05, 0.1) is 6.54 Å². The van der Waals surface area contributed by atoms with E-state index in [1.165, 1.54) is 6.07 Å². The van der Waals surface area contributed by atoms with Gasteiger partial charge in [0.1, 0.15) is 9.75 Å². The summed E-state index contributed by atoms with van der Waals surface area (Å²) in [6.07, 6.45) is 2.14. The van der Waals surface area contributed by atoms with Crippen molar-refractivity contribution in [3.63, 3.8) is 0 Å². The summed E-state index contributed by atoms with van der Waals surface area (Å²) in [6.45, 7) is 1.56. The molecule has 0 atom stereocenters. The van der Waals surface area contributed by atoms with Gasteiger partial charge in [-0.1, -0.05) is 13.0 Å². The maximum atomic E-state index is 12.0. The maximum absolute atomic E-state index is 12.0. The Bertz CT molecular complexity index is 661. The van der Waals surface area contributed by atoms with E-state index in [2.05, 4.69) is 10.0 Å². The molecule has 0 saturated heterocycles. The Hall–Kier alpha value is -1.45. The molecule has 128 valence electrons. The van der Waals surface area contributed by atoms with Crippen LogP contribution in [-0.4, -0.2) is 37.5 Å². The average molecular weight is 360 g/mol. The molecule has 9 heteroatoms. The molecule has 0 aromatic carbocycles. The molecule has 23 heavy (non-hydrogen) atoms. The zero-order chi connectivity index (χ0) is 17.1. The van der Waals surface area contributed by atoms with Crippen LogP contribution < -0.4 is 10.0 Å². The molecule has 1 amide bonds. The van der Waals surface area contributed by atoms with Gasteiger partial charge in [-0.3, -0.25) is 4.79 Å². The molecule has 1 saturated carbocycles. The van der Waals surface area contributed by atoms with E-state index in [0.29, 0.717) is 31.6 Å². The molecule has 1 heterocycles. The third kappa shape index (κ3) is 4.30. The summed E-state index contributed by atoms with van der Waals surface area (Å²) < 4.78 is 26.2. The molecular weight excluding hydrogens is 340 g/mol. The van der Waals surface area contributed by atoms with Crippen LogP contribution in [0.3, 0.4) is 0 Å². The van der Waals surface area contributed by atoms with Crippen LogP contribution in [0, 0.1) is 5.92 Å². The quantitative estimate of drug-likeness (QED) is 0.705. The molecule has 0 spiro atoms. The first-order chi connectivity index (χ1) is 10.8. The maximum Gasteiger partial charge on any atom is 0.329 e. The number of amides is 1. The highest BCUT2D eigenvalue weighted by Gasteiger charge is 2.42. The Balaban J connectivity index is 1.97. The van der Waals surface area contributed by atoms with Gasteiger partial charge < -0.3 is 10.4 Å². The fourth-order valence-electron chi connectivity index (χ4n) is 2.61. The Kier molecular flexibility index (Phi) is 5.43. The second-order valence-corrected chi connectivity index (χ2v) is 8.82. The Morgan fingerprint density at radius 3 is 2.57 bits per heavy atom. The molecule has 0 bridgehead atoms. The van der Waals surface area contributed by atoms with Gasteiger partial charge in [0, 0.05) is 0 Å². The molecule has 1 aliphatic carbocycles. The smallest absolute Gasteiger partial charge is 0.329 e. The lowest BCUT2D eigenvalue weighted by molar-refractivity contribution is -0.149. The summed E-state index contributed by atoms with van der Waals surface area (Å²) in [6, 6.07) is 3.04. The molecule has 1 aromatic heterocycles. The van der Waals surface area contributed by atoms with E-state index < -0.39 is 34.0 Å². The molecule has 7 nitrogen and oxygen atoms in total. The van der Waals surface area contributed by atoms with Gasteiger partial charge in [-0.2, -0.15) is 0 Å². The zero-order valence-corrected chi connectivity index (χ0v) is 14.4. The molecule has 1 aromatic rings. The SMILES string of the molecule is CC1CCC(NC(=O)CNS(=O)(=O)c2cccs2)(C(=O)O)CC1. The van der Waals surface area contributed by atoms with Crippen molar-refractivity contribution in [1.82, 2.24) is 10.0 Å². The summed E-state index contributed by atoms with van der Waals surface area (Å²) in [5, 5.41) is 13.6. The fraction of sp³-hybridized carbons (Fsp3) is 0.571. The summed E-state index contributed by atoms with van der Waals surface area (Å²) in [5.74, 6) is -1.28. The summed E-state index contributed by atoms with van der Waals surface area (Å²) in [4.78, 5) is 23.6. The third-order valence-electron chi connectivity index (χ3n) is 4.10. The first kappa shape index (κ1) is 17.9. The van der Waals surface area contributed by atoms with Crippen LogP contribution in [0.1, 0.15) is 32.6 Å². The number of thiophene rings is 1. The van der Waals surface area contributed by atoms with E-state index >= 15 is 0 Å². The minimum Gasteiger partial charge on any atom is -0.480 e. The fourth-order valence-corrected chi connectivity index (χ4v) is 4.63. The molecular formula is C14H20N2O5S2. The molecule has 0 aliphatic heterocycles. The minimum atomic E-state index is -3.74. The van der Waals surface area contributed by atoms with Gasteiger partial charge in [-0.25, -0.2) is 17.9 Å². The van der Waals surface area contributed by atoms with Gasteiger partial charge in [-0.05, 0) is 43.0 Å². The van der Waals surface area contributed by atoms with E-state index in [1.807, 2.05) is 6.92 Å². The van der Waals surface area contributed by atoms with Crippen molar-refractivity contribution < 1.29 is 23.1 Å². The monoisotopic (exact) mass is 360 g/mol. The van der Waals surface area contributed by atoms with Crippen molar-refractivity contribution in [2.75, 3.05) is 6.54 Å². The van der Waals surface area contributed by atoms with Crippen molar-refractivity contribution in [3.8, 4) is 0 Å². The highest BCUT2D eigenvalue weighted by Crippen LogP contribution is 2.32. The van der Waals surface area contributed by atoms with Crippen LogP contribution in [0.4, 0.5) is 0 Å². The molecule has 0 radical (unpaired) electrons. The highest BCUT2D eigenvalue weighted by atomic mass is 32.2. The number of sulfonamides is 1. The number of carboxylic acids is 1. The van der Waals surface area contributed by atoms with Crippen molar-refractivity contribution >= 4 is 33.2 Å². The number of nitrogens with one attached hydrogen (secondary N) is 2. The molecule has 1 aliphatic rings. The number of aliphatic carboxylic acids is 1. The van der Waals surface area contributed by atoms with Gasteiger partial charge in [0.15, 0.2) is 0 Å². The standard InChI is InChI=1S/C14H20N2O5S2/c1-10-4-6-14(7-5-10,13(18)19)16-11(17)9-15-23(20,21)12-3-2-8-22-12/h2-3,8,10,15H,4-7,9H2,1H3,(H,16,17)(H,18,19). The lowest BCUT2D eigenvalue weighted by Crippen LogP contribution is -2.58. The van der Waals surface area contributed by atoms with Crippen LogP contribution in [0.25, 0.3) is 0 Å². The largest absolute Gasteiger partial charge is 0.480 e. The van der Waals surface area contributed by atoms with Gasteiger partial charge in [-0.15, -0.1) is 11.3 Å². The predicted octanol–water partition coefficient (Wildman–Crippen LogP) is 1.18. The van der Waals surface area contributed by atoms with Gasteiger partial charge >= 0.3 is 5.97 Å². The van der Waals surface area contributed by atoms with Crippen molar-refractivity contribution in [2.24, 2.45) is 5.92 Å². The Labute approximate surface area is 139 Å². The van der Waals surface area contributed by atoms with Crippen molar-refractivity contribution in [1.29, 1.82) is 0 Å². The van der Waals surface area contributed by atoms with E-state index in [9.17, 15) is 23.1 Å². The Morgan fingerprint density at radius 2 is 2.04 bits per heavy atom. The van der Waals surface area contributed by atoms with Crippen LogP contribution >= 0.6 is 11.3 Å². The molecule has 3 N–H and O–H groups in total. The lowest BCUT2D eigenvalue weighted by Gasteiger charge is -2.36. The second-order valence-electron chi connectivity index (χ2n) is 5.87. The molecule has 2 rings (SSSR count). The molecule has 0 unspecified atom stereocenters. The summed E-state index contributed by atoms with van der Waals surface area (Å²) in [5.41, 5.74) is -1.29. The second kappa shape index (κ2) is 6.98. The summed E-state index contributed by atoms with van der Waals surface area (Å²) in [7, 11) is -3.74. The van der Waals surface area contributed by atoms with Crippen molar-refractivity contribution in [2.45, 2.75) is 42.4 Å². The van der Waals surface area contributed by atoms with E-state index in [4.69, 9.17) is 0 Å². The Morgan fingerprint density at radius 1 is 1.39 bits per heavy atom. The van der Waals surface area contributed by atoms with Gasteiger partial charge in [0.25, 0.3) is 10.0 Å².